The predicted molar refractivity (Wildman–Crippen MR) is 105 cm³/mol. The highest BCUT2D eigenvalue weighted by molar-refractivity contribution is 6.31. The molecule has 2 amide bonds. The first kappa shape index (κ1) is 23.4. The van der Waals surface area contributed by atoms with Crippen molar-refractivity contribution in [3.63, 3.8) is 0 Å². The first-order valence-corrected chi connectivity index (χ1v) is 9.30. The van der Waals surface area contributed by atoms with Gasteiger partial charge in [-0.15, -0.1) is 0 Å². The Morgan fingerprint density at radius 2 is 1.97 bits per heavy atom. The maximum atomic E-state index is 12.6. The summed E-state index contributed by atoms with van der Waals surface area (Å²) in [5, 5.41) is 5.23. The van der Waals surface area contributed by atoms with E-state index in [-0.39, 0.29) is 34.6 Å². The summed E-state index contributed by atoms with van der Waals surface area (Å²) in [7, 11) is 0. The van der Waals surface area contributed by atoms with Gasteiger partial charge in [-0.3, -0.25) is 9.59 Å². The largest absolute Gasteiger partial charge is 0.467 e. The van der Waals surface area contributed by atoms with Crippen LogP contribution in [0.2, 0.25) is 5.02 Å². The molecule has 162 valence electrons. The third-order valence-electron chi connectivity index (χ3n) is 3.85. The summed E-state index contributed by atoms with van der Waals surface area (Å²) in [4.78, 5) is 32.1. The van der Waals surface area contributed by atoms with Gasteiger partial charge in [-0.2, -0.15) is 13.2 Å². The Bertz CT molecular complexity index is 938. The third-order valence-corrected chi connectivity index (χ3v) is 4.12. The summed E-state index contributed by atoms with van der Waals surface area (Å²) in [6.07, 6.45) is -2.97. The smallest absolute Gasteiger partial charge is 0.422 e. The number of nitrogens with zero attached hydrogens (tertiary/aromatic N) is 2. The highest BCUT2D eigenvalue weighted by Gasteiger charge is 2.29. The summed E-state index contributed by atoms with van der Waals surface area (Å²) in [5.74, 6) is -0.761. The van der Waals surface area contributed by atoms with Gasteiger partial charge < -0.3 is 15.4 Å². The second kappa shape index (κ2) is 9.75. The molecule has 0 aliphatic heterocycles. The van der Waals surface area contributed by atoms with Gasteiger partial charge in [-0.05, 0) is 37.6 Å². The van der Waals surface area contributed by atoms with E-state index in [0.717, 1.165) is 0 Å². The SMILES string of the molecule is CCC(=O)Nc1cc(C(=O)NC(C)c2cnc(OCC(F)(F)F)c(Cl)c2)cc(C)n1. The van der Waals surface area contributed by atoms with Crippen LogP contribution < -0.4 is 15.4 Å². The monoisotopic (exact) mass is 444 g/mol. The van der Waals surface area contributed by atoms with Crippen LogP contribution in [0.3, 0.4) is 0 Å². The molecule has 2 rings (SSSR count). The molecular weight excluding hydrogens is 425 g/mol. The van der Waals surface area contributed by atoms with Gasteiger partial charge in [0, 0.05) is 23.9 Å². The third kappa shape index (κ3) is 6.87. The van der Waals surface area contributed by atoms with Crippen LogP contribution in [0.15, 0.2) is 24.4 Å². The molecule has 0 saturated carbocycles. The van der Waals surface area contributed by atoms with Gasteiger partial charge in [-0.25, -0.2) is 9.97 Å². The lowest BCUT2D eigenvalue weighted by Gasteiger charge is -2.16. The number of carbonyl (C=O) groups excluding carboxylic acids is 2. The van der Waals surface area contributed by atoms with Crippen molar-refractivity contribution in [2.24, 2.45) is 0 Å². The Kier molecular flexibility index (Phi) is 7.60. The zero-order valence-electron chi connectivity index (χ0n) is 16.4. The number of rotatable bonds is 7. The van der Waals surface area contributed by atoms with Crippen molar-refractivity contribution >= 4 is 29.2 Å². The van der Waals surface area contributed by atoms with E-state index in [0.29, 0.717) is 11.3 Å². The number of hydrogen-bond acceptors (Lipinski definition) is 5. The van der Waals surface area contributed by atoms with E-state index in [9.17, 15) is 22.8 Å². The average Bonchev–Trinajstić information content (AvgIpc) is 2.65. The highest BCUT2D eigenvalue weighted by Crippen LogP contribution is 2.27. The lowest BCUT2D eigenvalue weighted by molar-refractivity contribution is -0.154. The van der Waals surface area contributed by atoms with Crippen LogP contribution in [-0.4, -0.2) is 34.6 Å². The Morgan fingerprint density at radius 3 is 2.57 bits per heavy atom. The van der Waals surface area contributed by atoms with Crippen LogP contribution in [0.4, 0.5) is 19.0 Å². The number of pyridine rings is 2. The predicted octanol–water partition coefficient (Wildman–Crippen LogP) is 4.22. The summed E-state index contributed by atoms with van der Waals surface area (Å²) in [6.45, 7) is 3.53. The number of halogens is 4. The van der Waals surface area contributed by atoms with Crippen molar-refractivity contribution in [2.45, 2.75) is 39.4 Å². The fourth-order valence-corrected chi connectivity index (χ4v) is 2.62. The van der Waals surface area contributed by atoms with Crippen molar-refractivity contribution in [1.29, 1.82) is 0 Å². The van der Waals surface area contributed by atoms with Crippen LogP contribution >= 0.6 is 11.6 Å². The second-order valence-electron chi connectivity index (χ2n) is 6.44. The molecule has 1 unspecified atom stereocenters. The molecule has 0 saturated heterocycles. The number of nitrogens with one attached hydrogen (secondary N) is 2. The van der Waals surface area contributed by atoms with E-state index in [4.69, 9.17) is 11.6 Å². The van der Waals surface area contributed by atoms with Crippen molar-refractivity contribution in [2.75, 3.05) is 11.9 Å². The van der Waals surface area contributed by atoms with E-state index in [1.165, 1.54) is 18.3 Å². The van der Waals surface area contributed by atoms with E-state index >= 15 is 0 Å². The number of alkyl halides is 3. The summed E-state index contributed by atoms with van der Waals surface area (Å²) in [5.41, 5.74) is 1.29. The standard InChI is InChI=1S/C19H20ClF3N4O3/c1-4-16(28)27-15-7-12(5-10(2)25-15)17(29)26-11(3)13-6-14(20)18(24-8-13)30-9-19(21,22)23/h5-8,11H,4,9H2,1-3H3,(H,26,29)(H,25,27,28). The quantitative estimate of drug-likeness (QED) is 0.667. The van der Waals surface area contributed by atoms with Gasteiger partial charge in [0.25, 0.3) is 5.91 Å². The molecule has 0 fully saturated rings. The summed E-state index contributed by atoms with van der Waals surface area (Å²) >= 11 is 5.94. The minimum atomic E-state index is -4.51. The minimum absolute atomic E-state index is 0.109. The maximum Gasteiger partial charge on any atom is 0.422 e. The molecule has 11 heteroatoms. The fourth-order valence-electron chi connectivity index (χ4n) is 2.39. The molecule has 2 aromatic rings. The number of amides is 2. The number of ether oxygens (including phenoxy) is 1. The van der Waals surface area contributed by atoms with E-state index < -0.39 is 24.7 Å². The van der Waals surface area contributed by atoms with Gasteiger partial charge in [0.15, 0.2) is 6.61 Å². The van der Waals surface area contributed by atoms with Crippen LogP contribution in [0.1, 0.15) is 47.9 Å². The van der Waals surface area contributed by atoms with Crippen molar-refractivity contribution < 1.29 is 27.5 Å². The zero-order chi connectivity index (χ0) is 22.5. The molecule has 7 nitrogen and oxygen atoms in total. The summed E-state index contributed by atoms with van der Waals surface area (Å²) < 4.78 is 41.3. The number of carbonyl (C=O) groups is 2. The number of anilines is 1. The van der Waals surface area contributed by atoms with Gasteiger partial charge in [-0.1, -0.05) is 18.5 Å². The molecule has 0 aliphatic rings. The molecule has 0 spiro atoms. The second-order valence-corrected chi connectivity index (χ2v) is 6.85. The van der Waals surface area contributed by atoms with E-state index in [2.05, 4.69) is 25.3 Å². The molecular formula is C19H20ClF3N4O3. The van der Waals surface area contributed by atoms with E-state index in [1.807, 2.05) is 0 Å². The van der Waals surface area contributed by atoms with Crippen LogP contribution in [0.25, 0.3) is 0 Å². The number of aryl methyl sites for hydroxylation is 1. The van der Waals surface area contributed by atoms with Gasteiger partial charge in [0.05, 0.1) is 6.04 Å². The molecule has 0 radical (unpaired) electrons. The molecule has 0 aliphatic carbocycles. The fraction of sp³-hybridized carbons (Fsp3) is 0.368. The molecule has 2 heterocycles. The molecule has 0 aromatic carbocycles. The van der Waals surface area contributed by atoms with Gasteiger partial charge in [0.2, 0.25) is 11.8 Å². The van der Waals surface area contributed by atoms with Crippen molar-refractivity contribution in [3.05, 3.63) is 46.2 Å². The Morgan fingerprint density at radius 1 is 1.27 bits per heavy atom. The van der Waals surface area contributed by atoms with Crippen molar-refractivity contribution in [3.8, 4) is 5.88 Å². The molecule has 1 atom stereocenters. The molecule has 2 aromatic heterocycles. The molecule has 2 N–H and O–H groups in total. The topological polar surface area (TPSA) is 93.2 Å². The lowest BCUT2D eigenvalue weighted by atomic mass is 10.1. The molecule has 30 heavy (non-hydrogen) atoms. The Balaban J connectivity index is 2.10. The minimum Gasteiger partial charge on any atom is -0.467 e. The van der Waals surface area contributed by atoms with Gasteiger partial charge >= 0.3 is 6.18 Å². The Hall–Kier alpha value is -2.88. The maximum absolute atomic E-state index is 12.6. The Labute approximate surface area is 176 Å². The van der Waals surface area contributed by atoms with E-state index in [1.54, 1.807) is 26.8 Å². The average molecular weight is 445 g/mol. The van der Waals surface area contributed by atoms with Crippen LogP contribution in [0.5, 0.6) is 5.88 Å². The highest BCUT2D eigenvalue weighted by atomic mass is 35.5. The lowest BCUT2D eigenvalue weighted by Crippen LogP contribution is -2.27. The molecule has 0 bridgehead atoms. The van der Waals surface area contributed by atoms with Crippen LogP contribution in [0, 0.1) is 6.92 Å². The van der Waals surface area contributed by atoms with Crippen molar-refractivity contribution in [1.82, 2.24) is 15.3 Å². The first-order valence-electron chi connectivity index (χ1n) is 8.93. The first-order chi connectivity index (χ1) is 14.0. The number of hydrogen-bond donors (Lipinski definition) is 2. The summed E-state index contributed by atoms with van der Waals surface area (Å²) in [6, 6.07) is 3.82. The number of aromatic nitrogens is 2. The van der Waals surface area contributed by atoms with Gasteiger partial charge in [0.1, 0.15) is 10.8 Å². The normalized spacial score (nSPS) is 12.2. The zero-order valence-corrected chi connectivity index (χ0v) is 17.2. The van der Waals surface area contributed by atoms with Crippen LogP contribution in [-0.2, 0) is 4.79 Å².